The highest BCUT2D eigenvalue weighted by atomic mass is 79.9. The molecule has 0 saturated carbocycles. The van der Waals surface area contributed by atoms with Crippen molar-refractivity contribution in [2.45, 2.75) is 32.9 Å². The van der Waals surface area contributed by atoms with Crippen molar-refractivity contribution in [1.29, 1.82) is 0 Å². The first-order valence-corrected chi connectivity index (χ1v) is 11.5. The number of nitrogens with one attached hydrogen (secondary N) is 1. The minimum Gasteiger partial charge on any atom is -0.497 e. The number of hydrogen-bond acceptors (Lipinski definition) is 4. The lowest BCUT2D eigenvalue weighted by atomic mass is 10.2. The van der Waals surface area contributed by atoms with Crippen LogP contribution in [0.4, 0.5) is 10.5 Å². The molecule has 0 unspecified atom stereocenters. The molecule has 2 aromatic rings. The number of guanidine groups is 1. The molecule has 1 aliphatic heterocycles. The van der Waals surface area contributed by atoms with Crippen LogP contribution in [0.1, 0.15) is 26.3 Å². The molecule has 1 aliphatic rings. The molecule has 2 aromatic carbocycles. The van der Waals surface area contributed by atoms with Gasteiger partial charge in [0.1, 0.15) is 11.4 Å². The summed E-state index contributed by atoms with van der Waals surface area (Å²) >= 11 is 3.60. The highest BCUT2D eigenvalue weighted by molar-refractivity contribution is 9.10. The van der Waals surface area contributed by atoms with Crippen LogP contribution in [-0.2, 0) is 11.3 Å². The molecule has 1 fully saturated rings. The molecule has 1 N–H and O–H groups in total. The first-order valence-electron chi connectivity index (χ1n) is 10.7. The summed E-state index contributed by atoms with van der Waals surface area (Å²) in [6.45, 7) is 8.66. The fraction of sp³-hybridized carbons (Fsp3) is 0.417. The zero-order valence-corrected chi connectivity index (χ0v) is 20.7. The van der Waals surface area contributed by atoms with E-state index in [1.54, 1.807) is 12.0 Å². The maximum absolute atomic E-state index is 12.4. The molecule has 0 atom stereocenters. The third kappa shape index (κ3) is 6.88. The average Bonchev–Trinajstić information content (AvgIpc) is 2.77. The molecule has 172 valence electrons. The Bertz CT molecular complexity index is 933. The lowest BCUT2D eigenvalue weighted by Gasteiger charge is -2.37. The first-order chi connectivity index (χ1) is 15.2. The van der Waals surface area contributed by atoms with Gasteiger partial charge in [-0.15, -0.1) is 0 Å². The summed E-state index contributed by atoms with van der Waals surface area (Å²) < 4.78 is 11.7. The molecule has 1 saturated heterocycles. The van der Waals surface area contributed by atoms with Crippen LogP contribution in [0.3, 0.4) is 0 Å². The zero-order chi connectivity index (χ0) is 23.1. The van der Waals surface area contributed by atoms with E-state index in [0.29, 0.717) is 32.7 Å². The SMILES string of the molecule is COc1ccc(CN=C(Nc2ccccc2Br)N2CCN(C(=O)OC(C)(C)C)CC2)cc1. The second kappa shape index (κ2) is 10.7. The maximum Gasteiger partial charge on any atom is 0.410 e. The number of methoxy groups -OCH3 is 1. The van der Waals surface area contributed by atoms with Gasteiger partial charge >= 0.3 is 6.09 Å². The number of para-hydroxylation sites is 1. The minimum absolute atomic E-state index is 0.271. The van der Waals surface area contributed by atoms with E-state index >= 15 is 0 Å². The normalized spacial score (nSPS) is 14.8. The van der Waals surface area contributed by atoms with Crippen LogP contribution >= 0.6 is 15.9 Å². The van der Waals surface area contributed by atoms with Gasteiger partial charge in [-0.1, -0.05) is 24.3 Å². The smallest absolute Gasteiger partial charge is 0.410 e. The van der Waals surface area contributed by atoms with Crippen molar-refractivity contribution >= 4 is 33.7 Å². The maximum atomic E-state index is 12.4. The van der Waals surface area contributed by atoms with Gasteiger partial charge < -0.3 is 24.6 Å². The number of ether oxygens (including phenoxy) is 2. The van der Waals surface area contributed by atoms with Gasteiger partial charge in [0.05, 0.1) is 19.3 Å². The monoisotopic (exact) mass is 502 g/mol. The Morgan fingerprint density at radius 1 is 1.03 bits per heavy atom. The van der Waals surface area contributed by atoms with E-state index in [9.17, 15) is 4.79 Å². The number of carbonyl (C=O) groups is 1. The van der Waals surface area contributed by atoms with Gasteiger partial charge in [-0.3, -0.25) is 0 Å². The molecule has 3 rings (SSSR count). The second-order valence-electron chi connectivity index (χ2n) is 8.55. The topological polar surface area (TPSA) is 66.4 Å². The first kappa shape index (κ1) is 23.9. The van der Waals surface area contributed by atoms with Gasteiger partial charge in [-0.2, -0.15) is 0 Å². The highest BCUT2D eigenvalue weighted by Gasteiger charge is 2.27. The van der Waals surface area contributed by atoms with E-state index in [1.807, 2.05) is 69.3 Å². The molecule has 0 aliphatic carbocycles. The summed E-state index contributed by atoms with van der Waals surface area (Å²) in [6.07, 6.45) is -0.271. The van der Waals surface area contributed by atoms with Crippen molar-refractivity contribution in [2.24, 2.45) is 4.99 Å². The van der Waals surface area contributed by atoms with Crippen molar-refractivity contribution in [1.82, 2.24) is 9.80 Å². The van der Waals surface area contributed by atoms with Crippen LogP contribution in [0.25, 0.3) is 0 Å². The molecule has 7 nitrogen and oxygen atoms in total. The van der Waals surface area contributed by atoms with E-state index < -0.39 is 5.60 Å². The minimum atomic E-state index is -0.500. The Labute approximate surface area is 198 Å². The molecule has 1 amide bonds. The number of aliphatic imine (C=N–C) groups is 1. The molecule has 0 radical (unpaired) electrons. The predicted octanol–water partition coefficient (Wildman–Crippen LogP) is 4.98. The summed E-state index contributed by atoms with van der Waals surface area (Å²) in [6, 6.07) is 15.8. The molecule has 0 spiro atoms. The summed E-state index contributed by atoms with van der Waals surface area (Å²) in [5.41, 5.74) is 1.53. The number of carbonyl (C=O) groups excluding carboxylic acids is 1. The van der Waals surface area contributed by atoms with Gasteiger partial charge in [0, 0.05) is 30.7 Å². The van der Waals surface area contributed by atoms with Crippen LogP contribution < -0.4 is 10.1 Å². The summed E-state index contributed by atoms with van der Waals surface area (Å²) in [5.74, 6) is 1.60. The summed E-state index contributed by atoms with van der Waals surface area (Å²) in [5, 5.41) is 3.46. The van der Waals surface area contributed by atoms with Crippen molar-refractivity contribution in [3.05, 3.63) is 58.6 Å². The fourth-order valence-electron chi connectivity index (χ4n) is 3.23. The van der Waals surface area contributed by atoms with E-state index in [0.717, 1.165) is 27.4 Å². The fourth-order valence-corrected chi connectivity index (χ4v) is 3.61. The van der Waals surface area contributed by atoms with Gasteiger partial charge in [0.15, 0.2) is 5.96 Å². The Balaban J connectivity index is 1.72. The van der Waals surface area contributed by atoms with Crippen molar-refractivity contribution in [3.63, 3.8) is 0 Å². The van der Waals surface area contributed by atoms with Crippen LogP contribution in [0.2, 0.25) is 0 Å². The Morgan fingerprint density at radius 2 is 1.66 bits per heavy atom. The van der Waals surface area contributed by atoms with Gasteiger partial charge in [-0.25, -0.2) is 9.79 Å². The van der Waals surface area contributed by atoms with Crippen molar-refractivity contribution in [2.75, 3.05) is 38.6 Å². The number of amides is 1. The van der Waals surface area contributed by atoms with Crippen LogP contribution in [0, 0.1) is 0 Å². The lowest BCUT2D eigenvalue weighted by Crippen LogP contribution is -2.53. The van der Waals surface area contributed by atoms with Gasteiger partial charge in [-0.05, 0) is 66.5 Å². The number of anilines is 1. The number of hydrogen-bond donors (Lipinski definition) is 1. The van der Waals surface area contributed by atoms with Crippen LogP contribution in [0.15, 0.2) is 58.0 Å². The average molecular weight is 503 g/mol. The number of piperazine rings is 1. The van der Waals surface area contributed by atoms with Crippen molar-refractivity contribution < 1.29 is 14.3 Å². The zero-order valence-electron chi connectivity index (χ0n) is 19.1. The molecular weight excluding hydrogens is 472 g/mol. The highest BCUT2D eigenvalue weighted by Crippen LogP contribution is 2.22. The van der Waals surface area contributed by atoms with E-state index in [4.69, 9.17) is 14.5 Å². The van der Waals surface area contributed by atoms with E-state index in [2.05, 4.69) is 26.1 Å². The number of halogens is 1. The largest absolute Gasteiger partial charge is 0.497 e. The van der Waals surface area contributed by atoms with Crippen LogP contribution in [-0.4, -0.2) is 60.7 Å². The lowest BCUT2D eigenvalue weighted by molar-refractivity contribution is 0.0187. The second-order valence-corrected chi connectivity index (χ2v) is 9.40. The van der Waals surface area contributed by atoms with E-state index in [1.165, 1.54) is 0 Å². The van der Waals surface area contributed by atoms with Crippen LogP contribution in [0.5, 0.6) is 5.75 Å². The van der Waals surface area contributed by atoms with Gasteiger partial charge in [0.2, 0.25) is 0 Å². The Morgan fingerprint density at radius 3 is 2.25 bits per heavy atom. The Kier molecular flexibility index (Phi) is 8.01. The van der Waals surface area contributed by atoms with Gasteiger partial charge in [0.25, 0.3) is 0 Å². The quantitative estimate of drug-likeness (QED) is 0.471. The third-order valence-corrected chi connectivity index (χ3v) is 5.61. The standard InChI is InChI=1S/C24H31BrN4O3/c1-24(2,3)32-23(30)29-15-13-28(14-16-29)22(27-21-8-6-5-7-20(21)25)26-17-18-9-11-19(31-4)12-10-18/h5-12H,13-17H2,1-4H3,(H,26,27). The molecule has 32 heavy (non-hydrogen) atoms. The molecule has 0 bridgehead atoms. The molecule has 8 heteroatoms. The summed E-state index contributed by atoms with van der Waals surface area (Å²) in [7, 11) is 1.66. The van der Waals surface area contributed by atoms with Crippen molar-refractivity contribution in [3.8, 4) is 5.75 Å². The number of rotatable bonds is 4. The Hall–Kier alpha value is -2.74. The molecular formula is C24H31BrN4O3. The number of benzene rings is 2. The predicted molar refractivity (Wildman–Crippen MR) is 131 cm³/mol. The summed E-state index contributed by atoms with van der Waals surface area (Å²) in [4.78, 5) is 21.2. The molecule has 1 heterocycles. The number of nitrogens with zero attached hydrogens (tertiary/aromatic N) is 3. The molecule has 0 aromatic heterocycles. The van der Waals surface area contributed by atoms with E-state index in [-0.39, 0.29) is 6.09 Å². The third-order valence-electron chi connectivity index (χ3n) is 4.92.